The first-order valence-corrected chi connectivity index (χ1v) is 11.6. The minimum atomic E-state index is -1.10. The van der Waals surface area contributed by atoms with Gasteiger partial charge in [0.25, 0.3) is 0 Å². The number of carbonyl (C=O) groups is 3. The average Bonchev–Trinajstić information content (AvgIpc) is 2.83. The van der Waals surface area contributed by atoms with E-state index in [1.165, 1.54) is 6.08 Å². The van der Waals surface area contributed by atoms with Crippen LogP contribution in [-0.4, -0.2) is 29.9 Å². The highest BCUT2D eigenvalue weighted by Crippen LogP contribution is 2.28. The number of Topliss-reactive ketones (excluding diaryl/α,β-unsaturated/α-hetero) is 1. The van der Waals surface area contributed by atoms with Crippen LogP contribution in [0.25, 0.3) is 17.2 Å². The van der Waals surface area contributed by atoms with E-state index in [-0.39, 0.29) is 5.78 Å². The number of ether oxygens (including phenoxy) is 2. The predicted molar refractivity (Wildman–Crippen MR) is 137 cm³/mol. The molecule has 5 nitrogen and oxygen atoms in total. The highest BCUT2D eigenvalue weighted by molar-refractivity contribution is 6.13. The second-order valence-corrected chi connectivity index (χ2v) is 9.03. The molecule has 3 aromatic rings. The van der Waals surface area contributed by atoms with E-state index in [2.05, 4.69) is 0 Å². The zero-order chi connectivity index (χ0) is 25.4. The Labute approximate surface area is 206 Å². The molecule has 35 heavy (non-hydrogen) atoms. The molecule has 0 aliphatic rings. The number of carbonyl (C=O) groups excluding carboxylic acids is 3. The Kier molecular flexibility index (Phi) is 8.37. The van der Waals surface area contributed by atoms with Gasteiger partial charge in [0.2, 0.25) is 0 Å². The second-order valence-electron chi connectivity index (χ2n) is 9.03. The van der Waals surface area contributed by atoms with Gasteiger partial charge in [0.15, 0.2) is 5.78 Å². The predicted octanol–water partition coefficient (Wildman–Crippen LogP) is 6.24. The van der Waals surface area contributed by atoms with Gasteiger partial charge in [-0.3, -0.25) is 9.59 Å². The Morgan fingerprint density at radius 2 is 1.43 bits per heavy atom. The SMILES string of the molecule is CCOC(=O)/C=C/c1ccc(C(=O)[C@@H](C(=O)OC(C)(C)C)c2ccc(-c3ccccc3)cc2)cc1. The van der Waals surface area contributed by atoms with Gasteiger partial charge in [-0.25, -0.2) is 4.79 Å². The van der Waals surface area contributed by atoms with E-state index in [9.17, 15) is 14.4 Å². The molecule has 1 atom stereocenters. The minimum Gasteiger partial charge on any atom is -0.463 e. The normalized spacial score (nSPS) is 12.2. The Morgan fingerprint density at radius 1 is 0.829 bits per heavy atom. The lowest BCUT2D eigenvalue weighted by Gasteiger charge is -2.24. The summed E-state index contributed by atoms with van der Waals surface area (Å²) in [6, 6.07) is 24.0. The number of ketones is 1. The van der Waals surface area contributed by atoms with Crippen molar-refractivity contribution in [2.24, 2.45) is 0 Å². The van der Waals surface area contributed by atoms with E-state index >= 15 is 0 Å². The lowest BCUT2D eigenvalue weighted by Crippen LogP contribution is -2.31. The van der Waals surface area contributed by atoms with E-state index < -0.39 is 23.5 Å². The number of hydrogen-bond donors (Lipinski definition) is 0. The molecule has 180 valence electrons. The van der Waals surface area contributed by atoms with Crippen molar-refractivity contribution >= 4 is 23.8 Å². The van der Waals surface area contributed by atoms with E-state index in [0.29, 0.717) is 17.7 Å². The summed E-state index contributed by atoms with van der Waals surface area (Å²) in [6.45, 7) is 7.36. The van der Waals surface area contributed by atoms with Crippen molar-refractivity contribution < 1.29 is 23.9 Å². The van der Waals surface area contributed by atoms with Gasteiger partial charge in [-0.2, -0.15) is 0 Å². The Hall–Kier alpha value is -3.99. The quantitative estimate of drug-likeness (QED) is 0.169. The summed E-state index contributed by atoms with van der Waals surface area (Å²) in [4.78, 5) is 38.2. The highest BCUT2D eigenvalue weighted by Gasteiger charge is 2.33. The molecule has 0 unspecified atom stereocenters. The largest absolute Gasteiger partial charge is 0.463 e. The summed E-state index contributed by atoms with van der Waals surface area (Å²) in [5, 5.41) is 0. The third-order valence-electron chi connectivity index (χ3n) is 5.15. The summed E-state index contributed by atoms with van der Waals surface area (Å²) in [5.74, 6) is -2.48. The minimum absolute atomic E-state index is 0.301. The van der Waals surface area contributed by atoms with Crippen molar-refractivity contribution in [2.75, 3.05) is 6.61 Å². The molecule has 0 radical (unpaired) electrons. The van der Waals surface area contributed by atoms with Crippen molar-refractivity contribution in [3.8, 4) is 11.1 Å². The van der Waals surface area contributed by atoms with Crippen LogP contribution in [0.15, 0.2) is 84.9 Å². The smallest absolute Gasteiger partial charge is 0.330 e. The molecule has 0 bridgehead atoms. The average molecular weight is 471 g/mol. The second kappa shape index (κ2) is 11.4. The lowest BCUT2D eigenvalue weighted by atomic mass is 9.89. The maximum Gasteiger partial charge on any atom is 0.330 e. The van der Waals surface area contributed by atoms with Crippen molar-refractivity contribution in [3.05, 3.63) is 102 Å². The molecule has 0 spiro atoms. The summed E-state index contributed by atoms with van der Waals surface area (Å²) in [6.07, 6.45) is 2.94. The zero-order valence-electron chi connectivity index (χ0n) is 20.5. The maximum absolute atomic E-state index is 13.5. The third-order valence-corrected chi connectivity index (χ3v) is 5.15. The number of esters is 2. The van der Waals surface area contributed by atoms with Crippen molar-refractivity contribution in [3.63, 3.8) is 0 Å². The Bertz CT molecular complexity index is 1180. The summed E-state index contributed by atoms with van der Waals surface area (Å²) >= 11 is 0. The molecular weight excluding hydrogens is 440 g/mol. The maximum atomic E-state index is 13.5. The van der Waals surface area contributed by atoms with Crippen LogP contribution < -0.4 is 0 Å². The molecule has 0 saturated heterocycles. The van der Waals surface area contributed by atoms with Gasteiger partial charge in [0.05, 0.1) is 6.61 Å². The van der Waals surface area contributed by atoms with Crippen LogP contribution in [-0.2, 0) is 19.1 Å². The lowest BCUT2D eigenvalue weighted by molar-refractivity contribution is -0.155. The molecule has 5 heteroatoms. The van der Waals surface area contributed by atoms with Crippen LogP contribution in [0.1, 0.15) is 55.1 Å². The number of rotatable bonds is 8. The van der Waals surface area contributed by atoms with Gasteiger partial charge in [0, 0.05) is 11.6 Å². The first-order chi connectivity index (χ1) is 16.7. The van der Waals surface area contributed by atoms with Gasteiger partial charge in [0.1, 0.15) is 11.5 Å². The van der Waals surface area contributed by atoms with Crippen LogP contribution in [0.4, 0.5) is 0 Å². The topological polar surface area (TPSA) is 69.7 Å². The van der Waals surface area contributed by atoms with E-state index in [1.54, 1.807) is 70.2 Å². The van der Waals surface area contributed by atoms with E-state index in [1.807, 2.05) is 42.5 Å². The van der Waals surface area contributed by atoms with Gasteiger partial charge in [-0.05, 0) is 56.0 Å². The van der Waals surface area contributed by atoms with Crippen molar-refractivity contribution in [1.29, 1.82) is 0 Å². The molecule has 0 fully saturated rings. The highest BCUT2D eigenvalue weighted by atomic mass is 16.6. The van der Waals surface area contributed by atoms with Gasteiger partial charge in [-0.1, -0.05) is 78.9 Å². The van der Waals surface area contributed by atoms with Crippen LogP contribution in [0, 0.1) is 0 Å². The van der Waals surface area contributed by atoms with Crippen LogP contribution in [0.2, 0.25) is 0 Å². The Balaban J connectivity index is 1.89. The number of hydrogen-bond acceptors (Lipinski definition) is 5. The molecule has 0 aliphatic heterocycles. The standard InChI is InChI=1S/C30H30O5/c1-5-34-26(31)20-13-21-11-14-25(15-12-21)28(32)27(29(33)35-30(2,3)4)24-18-16-23(17-19-24)22-9-7-6-8-10-22/h6-20,27H,5H2,1-4H3/b20-13+/t27-/m0/s1. The van der Waals surface area contributed by atoms with E-state index in [4.69, 9.17) is 9.47 Å². The van der Waals surface area contributed by atoms with Crippen LogP contribution >= 0.6 is 0 Å². The van der Waals surface area contributed by atoms with E-state index in [0.717, 1.165) is 16.7 Å². The van der Waals surface area contributed by atoms with Gasteiger partial charge < -0.3 is 9.47 Å². The molecule has 0 aliphatic carbocycles. The van der Waals surface area contributed by atoms with Crippen LogP contribution in [0.5, 0.6) is 0 Å². The number of benzene rings is 3. The molecular formula is C30H30O5. The molecule has 0 N–H and O–H groups in total. The van der Waals surface area contributed by atoms with Gasteiger partial charge in [-0.15, -0.1) is 0 Å². The monoisotopic (exact) mass is 470 g/mol. The molecule has 0 saturated carbocycles. The molecule has 0 heterocycles. The van der Waals surface area contributed by atoms with Gasteiger partial charge >= 0.3 is 11.9 Å². The Morgan fingerprint density at radius 3 is 2.00 bits per heavy atom. The zero-order valence-corrected chi connectivity index (χ0v) is 20.5. The molecule has 0 aromatic heterocycles. The summed E-state index contributed by atoms with van der Waals surface area (Å²) < 4.78 is 10.5. The fourth-order valence-corrected chi connectivity index (χ4v) is 3.53. The van der Waals surface area contributed by atoms with Crippen molar-refractivity contribution in [2.45, 2.75) is 39.2 Å². The molecule has 3 rings (SSSR count). The fraction of sp³-hybridized carbons (Fsp3) is 0.233. The third kappa shape index (κ3) is 7.24. The molecule has 3 aromatic carbocycles. The van der Waals surface area contributed by atoms with Crippen LogP contribution in [0.3, 0.4) is 0 Å². The fourth-order valence-electron chi connectivity index (χ4n) is 3.53. The molecule has 0 amide bonds. The van der Waals surface area contributed by atoms with Crippen molar-refractivity contribution in [1.82, 2.24) is 0 Å². The summed E-state index contributed by atoms with van der Waals surface area (Å²) in [5.41, 5.74) is 2.97. The summed E-state index contributed by atoms with van der Waals surface area (Å²) in [7, 11) is 0. The first-order valence-electron chi connectivity index (χ1n) is 11.6. The first kappa shape index (κ1) is 25.6.